The van der Waals surface area contributed by atoms with Crippen LogP contribution in [0.15, 0.2) is 88.8 Å². The Hall–Kier alpha value is -2.85. The zero-order valence-electron chi connectivity index (χ0n) is 14.3. The maximum atomic E-state index is 12.7. The minimum atomic E-state index is -0.236. The van der Waals surface area contributed by atoms with Gasteiger partial charge in [-0.1, -0.05) is 71.9 Å². The number of fused-ring (bicyclic) bond motifs is 1. The molecule has 4 heteroatoms. The lowest BCUT2D eigenvalue weighted by atomic mass is 10.1. The summed E-state index contributed by atoms with van der Waals surface area (Å²) >= 11 is 1.62. The van der Waals surface area contributed by atoms with Gasteiger partial charge in [-0.2, -0.15) is 0 Å². The van der Waals surface area contributed by atoms with Crippen LogP contribution in [0.3, 0.4) is 0 Å². The predicted molar refractivity (Wildman–Crippen MR) is 107 cm³/mol. The number of nitrogens with zero attached hydrogens (tertiary/aromatic N) is 1. The number of carbonyl (C=O) groups excluding carboxylic acids is 1. The Kier molecular flexibility index (Phi) is 4.59. The molecular weight excluding hydrogens is 340 g/mol. The minimum Gasteiger partial charge on any atom is -0.334 e. The van der Waals surface area contributed by atoms with Gasteiger partial charge in [0.05, 0.1) is 11.4 Å². The van der Waals surface area contributed by atoms with E-state index in [9.17, 15) is 4.79 Å². The Bertz CT molecular complexity index is 965. The third kappa shape index (κ3) is 3.41. The van der Waals surface area contributed by atoms with Crippen LogP contribution in [-0.2, 0) is 0 Å². The number of hydrogen-bond acceptors (Lipinski definition) is 3. The zero-order valence-corrected chi connectivity index (χ0v) is 15.2. The SMILES string of the molecule is Cc1ccc(C2=Nc3ccccc3S[C@H]2NC(=O)c2ccccc2)cc1. The number of amides is 1. The smallest absolute Gasteiger partial charge is 0.252 e. The molecule has 0 fully saturated rings. The van der Waals surface area contributed by atoms with Gasteiger partial charge in [0.1, 0.15) is 5.37 Å². The first-order valence-corrected chi connectivity index (χ1v) is 9.36. The fourth-order valence-corrected chi connectivity index (χ4v) is 3.96. The van der Waals surface area contributed by atoms with Crippen molar-refractivity contribution >= 4 is 29.1 Å². The van der Waals surface area contributed by atoms with Gasteiger partial charge < -0.3 is 5.32 Å². The van der Waals surface area contributed by atoms with E-state index < -0.39 is 0 Å². The van der Waals surface area contributed by atoms with Crippen molar-refractivity contribution in [3.05, 3.63) is 95.6 Å². The van der Waals surface area contributed by atoms with Gasteiger partial charge in [0.2, 0.25) is 0 Å². The molecule has 1 aliphatic rings. The van der Waals surface area contributed by atoms with Crippen LogP contribution in [0.2, 0.25) is 0 Å². The predicted octanol–water partition coefficient (Wildman–Crippen LogP) is 4.98. The molecule has 0 saturated heterocycles. The normalized spacial score (nSPS) is 15.7. The molecule has 3 aromatic carbocycles. The Morgan fingerprint density at radius 3 is 2.38 bits per heavy atom. The van der Waals surface area contributed by atoms with E-state index in [2.05, 4.69) is 36.5 Å². The van der Waals surface area contributed by atoms with Gasteiger partial charge in [0, 0.05) is 10.5 Å². The van der Waals surface area contributed by atoms with E-state index in [1.165, 1.54) is 5.56 Å². The van der Waals surface area contributed by atoms with E-state index in [1.807, 2.05) is 54.6 Å². The summed E-state index contributed by atoms with van der Waals surface area (Å²) in [4.78, 5) is 18.6. The number of carbonyl (C=O) groups is 1. The second-order valence-corrected chi connectivity index (χ2v) is 7.32. The summed E-state index contributed by atoms with van der Waals surface area (Å²) < 4.78 is 0. The van der Waals surface area contributed by atoms with Gasteiger partial charge in [0.15, 0.2) is 0 Å². The molecule has 0 radical (unpaired) electrons. The molecule has 1 N–H and O–H groups in total. The number of thioether (sulfide) groups is 1. The highest BCUT2D eigenvalue weighted by Crippen LogP contribution is 2.38. The van der Waals surface area contributed by atoms with Crippen LogP contribution in [0.1, 0.15) is 21.5 Å². The zero-order chi connectivity index (χ0) is 17.9. The van der Waals surface area contributed by atoms with Gasteiger partial charge in [-0.05, 0) is 36.8 Å². The lowest BCUT2D eigenvalue weighted by molar-refractivity contribution is 0.0956. The summed E-state index contributed by atoms with van der Waals surface area (Å²) in [5.74, 6) is -0.0951. The molecule has 1 atom stereocenters. The van der Waals surface area contributed by atoms with Crippen LogP contribution < -0.4 is 5.32 Å². The first-order valence-electron chi connectivity index (χ1n) is 8.48. The topological polar surface area (TPSA) is 41.5 Å². The molecule has 0 saturated carbocycles. The van der Waals surface area contributed by atoms with Crippen molar-refractivity contribution in [2.45, 2.75) is 17.2 Å². The van der Waals surface area contributed by atoms with Crippen LogP contribution in [0, 0.1) is 6.92 Å². The number of aryl methyl sites for hydroxylation is 1. The lowest BCUT2D eigenvalue weighted by Crippen LogP contribution is -2.39. The number of benzene rings is 3. The molecule has 3 aromatic rings. The first-order chi connectivity index (χ1) is 12.7. The molecule has 0 bridgehead atoms. The molecular formula is C22H18N2OS. The number of nitrogens with one attached hydrogen (secondary N) is 1. The summed E-state index contributed by atoms with van der Waals surface area (Å²) in [6.45, 7) is 2.06. The van der Waals surface area contributed by atoms with E-state index in [0.717, 1.165) is 21.9 Å². The van der Waals surface area contributed by atoms with Crippen molar-refractivity contribution in [2.24, 2.45) is 4.99 Å². The van der Waals surface area contributed by atoms with Crippen molar-refractivity contribution in [1.82, 2.24) is 5.32 Å². The quantitative estimate of drug-likeness (QED) is 0.717. The summed E-state index contributed by atoms with van der Waals surface area (Å²) in [7, 11) is 0. The molecule has 4 rings (SSSR count). The lowest BCUT2D eigenvalue weighted by Gasteiger charge is -2.25. The summed E-state index contributed by atoms with van der Waals surface area (Å²) in [6, 6.07) is 25.6. The molecule has 0 aromatic heterocycles. The number of aliphatic imine (C=N–C) groups is 1. The highest BCUT2D eigenvalue weighted by molar-refractivity contribution is 8.00. The van der Waals surface area contributed by atoms with E-state index >= 15 is 0 Å². The van der Waals surface area contributed by atoms with E-state index in [4.69, 9.17) is 4.99 Å². The largest absolute Gasteiger partial charge is 0.334 e. The highest BCUT2D eigenvalue weighted by Gasteiger charge is 2.26. The standard InChI is InChI=1S/C22H18N2OS/c1-15-11-13-16(14-12-15)20-22(24-21(25)17-7-3-2-4-8-17)26-19-10-6-5-9-18(19)23-20/h2-14,22H,1H3,(H,24,25)/t22-/m1/s1. The van der Waals surface area contributed by atoms with Crippen molar-refractivity contribution in [3.8, 4) is 0 Å². The van der Waals surface area contributed by atoms with E-state index in [0.29, 0.717) is 5.56 Å². The maximum Gasteiger partial charge on any atom is 0.252 e. The van der Waals surface area contributed by atoms with Gasteiger partial charge in [0.25, 0.3) is 5.91 Å². The molecule has 128 valence electrons. The maximum absolute atomic E-state index is 12.7. The monoisotopic (exact) mass is 358 g/mol. The number of rotatable bonds is 3. The molecule has 26 heavy (non-hydrogen) atoms. The van der Waals surface area contributed by atoms with Gasteiger partial charge in [-0.15, -0.1) is 0 Å². The minimum absolute atomic E-state index is 0.0951. The second kappa shape index (κ2) is 7.18. The van der Waals surface area contributed by atoms with Crippen molar-refractivity contribution in [1.29, 1.82) is 0 Å². The molecule has 0 aliphatic carbocycles. The Morgan fingerprint density at radius 2 is 1.62 bits per heavy atom. The molecule has 1 heterocycles. The average Bonchev–Trinajstić information content (AvgIpc) is 2.69. The molecule has 3 nitrogen and oxygen atoms in total. The second-order valence-electron chi connectivity index (χ2n) is 6.17. The fourth-order valence-electron chi connectivity index (χ4n) is 2.85. The first kappa shape index (κ1) is 16.6. The molecule has 0 spiro atoms. The van der Waals surface area contributed by atoms with Crippen molar-refractivity contribution in [2.75, 3.05) is 0 Å². The average molecular weight is 358 g/mol. The van der Waals surface area contributed by atoms with Gasteiger partial charge in [-0.25, -0.2) is 4.99 Å². The highest BCUT2D eigenvalue weighted by atomic mass is 32.2. The summed E-state index contributed by atoms with van der Waals surface area (Å²) in [5, 5.41) is 2.90. The van der Waals surface area contributed by atoms with Gasteiger partial charge >= 0.3 is 0 Å². The Labute approximate surface area is 157 Å². The number of para-hydroxylation sites is 1. The summed E-state index contributed by atoms with van der Waals surface area (Å²) in [6.07, 6.45) is 0. The van der Waals surface area contributed by atoms with Crippen LogP contribution in [0.5, 0.6) is 0 Å². The van der Waals surface area contributed by atoms with Crippen LogP contribution in [-0.4, -0.2) is 17.0 Å². The third-order valence-corrected chi connectivity index (χ3v) is 5.42. The molecule has 1 aliphatic heterocycles. The van der Waals surface area contributed by atoms with Gasteiger partial charge in [-0.3, -0.25) is 4.79 Å². The van der Waals surface area contributed by atoms with E-state index in [-0.39, 0.29) is 11.3 Å². The fraction of sp³-hybridized carbons (Fsp3) is 0.0909. The van der Waals surface area contributed by atoms with Crippen LogP contribution in [0.4, 0.5) is 5.69 Å². The summed E-state index contributed by atoms with van der Waals surface area (Å²) in [5.41, 5.74) is 4.69. The van der Waals surface area contributed by atoms with E-state index in [1.54, 1.807) is 11.8 Å². The van der Waals surface area contributed by atoms with Crippen molar-refractivity contribution in [3.63, 3.8) is 0 Å². The Morgan fingerprint density at radius 1 is 0.923 bits per heavy atom. The van der Waals surface area contributed by atoms with Crippen molar-refractivity contribution < 1.29 is 4.79 Å². The molecule has 0 unspecified atom stereocenters. The number of hydrogen-bond donors (Lipinski definition) is 1. The third-order valence-electron chi connectivity index (χ3n) is 4.24. The molecule has 1 amide bonds. The Balaban J connectivity index is 1.70. The van der Waals surface area contributed by atoms with Crippen LogP contribution in [0.25, 0.3) is 0 Å². The van der Waals surface area contributed by atoms with Crippen LogP contribution >= 0.6 is 11.8 Å².